The summed E-state index contributed by atoms with van der Waals surface area (Å²) in [7, 11) is -3.53. The van der Waals surface area contributed by atoms with Gasteiger partial charge in [-0.25, -0.2) is 13.1 Å². The van der Waals surface area contributed by atoms with Crippen LogP contribution in [0.1, 0.15) is 39.2 Å². The fourth-order valence-electron chi connectivity index (χ4n) is 2.71. The highest BCUT2D eigenvalue weighted by Crippen LogP contribution is 2.32. The minimum Gasteiger partial charge on any atom is -0.313 e. The first-order valence-corrected chi connectivity index (χ1v) is 8.69. The minimum atomic E-state index is -3.53. The third-order valence-electron chi connectivity index (χ3n) is 4.28. The molecule has 6 nitrogen and oxygen atoms in total. The Balaban J connectivity index is 2.12. The molecule has 0 aliphatic heterocycles. The predicted octanol–water partition coefficient (Wildman–Crippen LogP) is 1.23. The van der Waals surface area contributed by atoms with Gasteiger partial charge in [-0.2, -0.15) is 5.10 Å². The van der Waals surface area contributed by atoms with Crippen molar-refractivity contribution in [2.75, 3.05) is 6.54 Å². The Morgan fingerprint density at radius 3 is 2.75 bits per heavy atom. The molecule has 1 heterocycles. The van der Waals surface area contributed by atoms with Crippen LogP contribution < -0.4 is 10.0 Å². The Bertz CT molecular complexity index is 540. The number of nitrogens with zero attached hydrogens (tertiary/aromatic N) is 1. The van der Waals surface area contributed by atoms with E-state index in [0.29, 0.717) is 23.9 Å². The monoisotopic (exact) mass is 300 g/mol. The highest BCUT2D eigenvalue weighted by atomic mass is 32.2. The van der Waals surface area contributed by atoms with Crippen LogP contribution in [0.5, 0.6) is 0 Å². The van der Waals surface area contributed by atoms with Gasteiger partial charge < -0.3 is 5.32 Å². The van der Waals surface area contributed by atoms with Crippen LogP contribution in [-0.2, 0) is 16.6 Å². The molecule has 1 aromatic rings. The molecule has 0 aromatic carbocycles. The molecule has 114 valence electrons. The first-order chi connectivity index (χ1) is 9.45. The van der Waals surface area contributed by atoms with Gasteiger partial charge in [0, 0.05) is 18.2 Å². The zero-order valence-electron chi connectivity index (χ0n) is 12.3. The van der Waals surface area contributed by atoms with Crippen LogP contribution in [0, 0.1) is 11.8 Å². The molecule has 3 unspecified atom stereocenters. The lowest BCUT2D eigenvalue weighted by atomic mass is 9.98. The van der Waals surface area contributed by atoms with Crippen LogP contribution in [0.4, 0.5) is 0 Å². The normalized spacial score (nSPS) is 27.1. The van der Waals surface area contributed by atoms with Crippen molar-refractivity contribution in [3.05, 3.63) is 11.8 Å². The summed E-state index contributed by atoms with van der Waals surface area (Å²) in [5.74, 6) is 0.926. The van der Waals surface area contributed by atoms with E-state index in [2.05, 4.69) is 34.1 Å². The fraction of sp³-hybridized carbons (Fsp3) is 0.769. The summed E-state index contributed by atoms with van der Waals surface area (Å²) in [6, 6.07) is 0.0188. The van der Waals surface area contributed by atoms with Crippen molar-refractivity contribution in [3.63, 3.8) is 0 Å². The van der Waals surface area contributed by atoms with E-state index < -0.39 is 10.0 Å². The minimum absolute atomic E-state index is 0.0188. The van der Waals surface area contributed by atoms with Gasteiger partial charge in [-0.3, -0.25) is 5.10 Å². The Morgan fingerprint density at radius 1 is 1.40 bits per heavy atom. The number of hydrogen-bond donors (Lipinski definition) is 3. The van der Waals surface area contributed by atoms with Gasteiger partial charge in [-0.05, 0) is 31.2 Å². The smallest absolute Gasteiger partial charge is 0.258 e. The molecule has 20 heavy (non-hydrogen) atoms. The third kappa shape index (κ3) is 3.21. The number of nitrogens with one attached hydrogen (secondary N) is 3. The maximum absolute atomic E-state index is 12.5. The molecule has 3 atom stereocenters. The first kappa shape index (κ1) is 15.5. The largest absolute Gasteiger partial charge is 0.313 e. The lowest BCUT2D eigenvalue weighted by molar-refractivity contribution is 0.401. The van der Waals surface area contributed by atoms with Crippen molar-refractivity contribution in [1.29, 1.82) is 0 Å². The summed E-state index contributed by atoms with van der Waals surface area (Å²) in [4.78, 5) is 0. The number of sulfonamides is 1. The summed E-state index contributed by atoms with van der Waals surface area (Å²) >= 11 is 0. The molecule has 1 aliphatic carbocycles. The molecule has 0 spiro atoms. The maximum atomic E-state index is 12.5. The van der Waals surface area contributed by atoms with E-state index in [-0.39, 0.29) is 11.1 Å². The van der Waals surface area contributed by atoms with Gasteiger partial charge in [0.25, 0.3) is 10.0 Å². The zero-order valence-corrected chi connectivity index (χ0v) is 13.1. The second-order valence-electron chi connectivity index (χ2n) is 5.65. The zero-order chi connectivity index (χ0) is 14.8. The van der Waals surface area contributed by atoms with E-state index in [1.807, 2.05) is 6.92 Å². The van der Waals surface area contributed by atoms with Crippen LogP contribution in [0.25, 0.3) is 0 Å². The average molecular weight is 300 g/mol. The summed E-state index contributed by atoms with van der Waals surface area (Å²) in [5.41, 5.74) is 0.679. The number of rotatable bonds is 6. The molecular weight excluding hydrogens is 276 g/mol. The van der Waals surface area contributed by atoms with Gasteiger partial charge in [0.1, 0.15) is 0 Å². The molecule has 1 fully saturated rings. The van der Waals surface area contributed by atoms with Crippen LogP contribution >= 0.6 is 0 Å². The highest BCUT2D eigenvalue weighted by Gasteiger charge is 2.34. The van der Waals surface area contributed by atoms with E-state index in [1.54, 1.807) is 6.20 Å². The number of hydrogen-bond acceptors (Lipinski definition) is 4. The van der Waals surface area contributed by atoms with E-state index in [1.165, 1.54) is 0 Å². The maximum Gasteiger partial charge on any atom is 0.258 e. The summed E-state index contributed by atoms with van der Waals surface area (Å²) < 4.78 is 27.8. The van der Waals surface area contributed by atoms with Gasteiger partial charge in [0.05, 0.1) is 6.20 Å². The van der Waals surface area contributed by atoms with Crippen LogP contribution in [-0.4, -0.2) is 31.2 Å². The Morgan fingerprint density at radius 2 is 2.15 bits per heavy atom. The van der Waals surface area contributed by atoms with Crippen LogP contribution in [0.15, 0.2) is 11.2 Å². The average Bonchev–Trinajstić information content (AvgIpc) is 2.99. The van der Waals surface area contributed by atoms with Crippen molar-refractivity contribution >= 4 is 10.0 Å². The highest BCUT2D eigenvalue weighted by molar-refractivity contribution is 7.89. The van der Waals surface area contributed by atoms with Gasteiger partial charge in [0.2, 0.25) is 0 Å². The van der Waals surface area contributed by atoms with Crippen molar-refractivity contribution in [2.24, 2.45) is 11.8 Å². The Labute approximate surface area is 120 Å². The molecule has 1 aliphatic rings. The lowest BCUT2D eigenvalue weighted by Gasteiger charge is -2.19. The molecule has 0 saturated heterocycles. The van der Waals surface area contributed by atoms with E-state index >= 15 is 0 Å². The molecular formula is C13H24N4O2S. The van der Waals surface area contributed by atoms with E-state index in [0.717, 1.165) is 19.4 Å². The van der Waals surface area contributed by atoms with E-state index in [9.17, 15) is 8.42 Å². The van der Waals surface area contributed by atoms with Crippen molar-refractivity contribution in [3.8, 4) is 0 Å². The number of aromatic amines is 1. The van der Waals surface area contributed by atoms with Gasteiger partial charge in [0.15, 0.2) is 5.03 Å². The first-order valence-electron chi connectivity index (χ1n) is 7.21. The molecule has 2 rings (SSSR count). The summed E-state index contributed by atoms with van der Waals surface area (Å²) in [6.45, 7) is 7.55. The van der Waals surface area contributed by atoms with Gasteiger partial charge >= 0.3 is 0 Å². The molecule has 7 heteroatoms. The second kappa shape index (κ2) is 6.24. The van der Waals surface area contributed by atoms with Gasteiger partial charge in [-0.15, -0.1) is 0 Å². The quantitative estimate of drug-likeness (QED) is 0.737. The second-order valence-corrected chi connectivity index (χ2v) is 7.30. The van der Waals surface area contributed by atoms with Crippen molar-refractivity contribution in [2.45, 2.75) is 51.2 Å². The van der Waals surface area contributed by atoms with Gasteiger partial charge in [-0.1, -0.05) is 20.8 Å². The molecule has 1 saturated carbocycles. The molecule has 0 amide bonds. The number of H-pyrrole nitrogens is 1. The summed E-state index contributed by atoms with van der Waals surface area (Å²) in [6.07, 6.45) is 3.54. The standard InChI is InChI=1S/C13H24N4O2S/c1-4-14-7-11-8-15-16-13(11)20(18,19)17-12-6-5-9(2)10(12)3/h8-10,12,14,17H,4-7H2,1-3H3,(H,15,16). The number of aromatic nitrogens is 2. The topological polar surface area (TPSA) is 86.9 Å². The molecule has 3 N–H and O–H groups in total. The van der Waals surface area contributed by atoms with Crippen LogP contribution in [0.2, 0.25) is 0 Å². The van der Waals surface area contributed by atoms with E-state index in [4.69, 9.17) is 0 Å². The fourth-order valence-corrected chi connectivity index (χ4v) is 4.20. The van der Waals surface area contributed by atoms with Crippen LogP contribution in [0.3, 0.4) is 0 Å². The lowest BCUT2D eigenvalue weighted by Crippen LogP contribution is -2.38. The Kier molecular flexibility index (Phi) is 4.82. The molecule has 0 bridgehead atoms. The summed E-state index contributed by atoms with van der Waals surface area (Å²) in [5, 5.41) is 9.79. The molecule has 1 aromatic heterocycles. The van der Waals surface area contributed by atoms with Crippen molar-refractivity contribution in [1.82, 2.24) is 20.2 Å². The van der Waals surface area contributed by atoms with Crippen molar-refractivity contribution < 1.29 is 8.42 Å². The Hall–Kier alpha value is -0.920. The molecule has 0 radical (unpaired) electrons. The predicted molar refractivity (Wildman–Crippen MR) is 77.6 cm³/mol. The third-order valence-corrected chi connectivity index (χ3v) is 5.79. The SMILES string of the molecule is CCNCc1cn[nH]c1S(=O)(=O)NC1CCC(C)C1C.